The number of rotatable bonds is 2. The molecule has 2 saturated heterocycles. The van der Waals surface area contributed by atoms with E-state index < -0.39 is 11.9 Å². The molecule has 2 aliphatic heterocycles. The summed E-state index contributed by atoms with van der Waals surface area (Å²) in [5.41, 5.74) is 0.00812. The molecule has 6 heteroatoms. The van der Waals surface area contributed by atoms with Crippen molar-refractivity contribution < 1.29 is 13.2 Å². The summed E-state index contributed by atoms with van der Waals surface area (Å²) in [7, 11) is 1.98. The Bertz CT molecular complexity index is 472. The molecule has 2 fully saturated rings. The van der Waals surface area contributed by atoms with Crippen LogP contribution < -0.4 is 10.2 Å². The third-order valence-electron chi connectivity index (χ3n) is 4.72. The van der Waals surface area contributed by atoms with Gasteiger partial charge in [-0.15, -0.1) is 0 Å². The predicted octanol–water partition coefficient (Wildman–Crippen LogP) is 3.21. The summed E-state index contributed by atoms with van der Waals surface area (Å²) in [5.74, 6) is 0. The first-order chi connectivity index (χ1) is 9.99. The molecule has 1 aromatic rings. The number of nitrogens with zero attached hydrogens (tertiary/aromatic N) is 2. The van der Waals surface area contributed by atoms with Gasteiger partial charge >= 0.3 is 6.18 Å². The molecule has 0 aliphatic carbocycles. The van der Waals surface area contributed by atoms with E-state index in [4.69, 9.17) is 0 Å². The quantitative estimate of drug-likeness (QED) is 0.909. The van der Waals surface area contributed by atoms with Crippen LogP contribution in [0.4, 0.5) is 18.9 Å². The minimum Gasteiger partial charge on any atom is -0.364 e. The van der Waals surface area contributed by atoms with Gasteiger partial charge in [0.15, 0.2) is 0 Å². The van der Waals surface area contributed by atoms with E-state index in [9.17, 15) is 13.2 Å². The summed E-state index contributed by atoms with van der Waals surface area (Å²) in [5, 5.41) is 3.34. The van der Waals surface area contributed by atoms with Gasteiger partial charge in [0, 0.05) is 18.1 Å². The number of piperidine rings is 2. The van der Waals surface area contributed by atoms with Gasteiger partial charge in [0.2, 0.25) is 0 Å². The number of fused-ring (bicyclic) bond motifs is 2. The number of aromatic nitrogens is 1. The standard InChI is InChI=1S/C15H20F3N3/c1-19-10-7-11-3-2-4-12(8-10)21(11)13-5-6-14(20-9-13)15(16,17)18/h5-6,9-12,19H,2-4,7-8H2,1H3. The molecule has 1 aromatic heterocycles. The van der Waals surface area contributed by atoms with Crippen LogP contribution in [0.15, 0.2) is 18.3 Å². The van der Waals surface area contributed by atoms with Crippen LogP contribution >= 0.6 is 0 Å². The molecule has 0 aromatic carbocycles. The van der Waals surface area contributed by atoms with Crippen molar-refractivity contribution in [2.75, 3.05) is 11.9 Å². The molecule has 116 valence electrons. The van der Waals surface area contributed by atoms with Gasteiger partial charge in [-0.05, 0) is 51.3 Å². The Labute approximate surface area is 122 Å². The Hall–Kier alpha value is -1.30. The van der Waals surface area contributed by atoms with E-state index >= 15 is 0 Å². The SMILES string of the molecule is CNC1CC2CCCC(C1)N2c1ccc(C(F)(F)F)nc1. The van der Waals surface area contributed by atoms with Gasteiger partial charge in [-0.1, -0.05) is 0 Å². The zero-order chi connectivity index (χ0) is 15.0. The molecule has 2 atom stereocenters. The summed E-state index contributed by atoms with van der Waals surface area (Å²) < 4.78 is 37.8. The molecular weight excluding hydrogens is 279 g/mol. The fraction of sp³-hybridized carbons (Fsp3) is 0.667. The maximum atomic E-state index is 12.6. The van der Waals surface area contributed by atoms with E-state index in [1.807, 2.05) is 7.05 Å². The number of pyridine rings is 1. The Morgan fingerprint density at radius 1 is 1.19 bits per heavy atom. The van der Waals surface area contributed by atoms with Crippen molar-refractivity contribution in [2.45, 2.75) is 56.4 Å². The molecule has 0 saturated carbocycles. The highest BCUT2D eigenvalue weighted by Crippen LogP contribution is 2.38. The lowest BCUT2D eigenvalue weighted by atomic mass is 9.81. The highest BCUT2D eigenvalue weighted by molar-refractivity contribution is 5.48. The summed E-state index contributed by atoms with van der Waals surface area (Å²) >= 11 is 0. The average molecular weight is 299 g/mol. The Morgan fingerprint density at radius 2 is 1.86 bits per heavy atom. The minimum absolute atomic E-state index is 0.411. The second kappa shape index (κ2) is 5.48. The largest absolute Gasteiger partial charge is 0.433 e. The van der Waals surface area contributed by atoms with Gasteiger partial charge in [0.1, 0.15) is 5.69 Å². The lowest BCUT2D eigenvalue weighted by molar-refractivity contribution is -0.141. The highest BCUT2D eigenvalue weighted by Gasteiger charge is 2.38. The number of hydrogen-bond acceptors (Lipinski definition) is 3. The fourth-order valence-corrected chi connectivity index (χ4v) is 3.75. The third-order valence-corrected chi connectivity index (χ3v) is 4.72. The van der Waals surface area contributed by atoms with Crippen LogP contribution in [0.2, 0.25) is 0 Å². The molecule has 0 radical (unpaired) electrons. The first kappa shape index (κ1) is 14.6. The molecule has 3 rings (SSSR count). The lowest BCUT2D eigenvalue weighted by Gasteiger charge is -2.50. The van der Waals surface area contributed by atoms with Gasteiger partial charge < -0.3 is 10.2 Å². The van der Waals surface area contributed by atoms with E-state index in [2.05, 4.69) is 15.2 Å². The van der Waals surface area contributed by atoms with Crippen molar-refractivity contribution in [3.05, 3.63) is 24.0 Å². The van der Waals surface area contributed by atoms with Gasteiger partial charge in [-0.25, -0.2) is 4.98 Å². The van der Waals surface area contributed by atoms with E-state index in [0.29, 0.717) is 18.1 Å². The van der Waals surface area contributed by atoms with E-state index in [1.165, 1.54) is 12.6 Å². The maximum Gasteiger partial charge on any atom is 0.433 e. The topological polar surface area (TPSA) is 28.2 Å². The number of alkyl halides is 3. The van der Waals surface area contributed by atoms with Gasteiger partial charge in [-0.3, -0.25) is 0 Å². The maximum absolute atomic E-state index is 12.6. The normalized spacial score (nSPS) is 29.5. The van der Waals surface area contributed by atoms with Crippen LogP contribution in [0.5, 0.6) is 0 Å². The molecule has 0 spiro atoms. The van der Waals surface area contributed by atoms with E-state index in [0.717, 1.165) is 37.4 Å². The monoisotopic (exact) mass is 299 g/mol. The summed E-state index contributed by atoms with van der Waals surface area (Å²) in [6, 6.07) is 4.00. The second-order valence-corrected chi connectivity index (χ2v) is 6.00. The number of halogens is 3. The van der Waals surface area contributed by atoms with Crippen molar-refractivity contribution >= 4 is 5.69 Å². The Morgan fingerprint density at radius 3 is 2.33 bits per heavy atom. The molecule has 2 unspecified atom stereocenters. The van der Waals surface area contributed by atoms with E-state index in [1.54, 1.807) is 6.07 Å². The van der Waals surface area contributed by atoms with Crippen LogP contribution in [-0.2, 0) is 6.18 Å². The van der Waals surface area contributed by atoms with Gasteiger partial charge in [0.25, 0.3) is 0 Å². The molecule has 21 heavy (non-hydrogen) atoms. The van der Waals surface area contributed by atoms with Crippen molar-refractivity contribution in [3.8, 4) is 0 Å². The van der Waals surface area contributed by atoms with Crippen LogP contribution in [0.3, 0.4) is 0 Å². The molecule has 3 heterocycles. The number of nitrogens with one attached hydrogen (secondary N) is 1. The molecule has 1 N–H and O–H groups in total. The Balaban J connectivity index is 1.83. The number of hydrogen-bond donors (Lipinski definition) is 1. The first-order valence-corrected chi connectivity index (χ1v) is 7.48. The summed E-state index contributed by atoms with van der Waals surface area (Å²) in [4.78, 5) is 5.91. The molecule has 3 nitrogen and oxygen atoms in total. The highest BCUT2D eigenvalue weighted by atomic mass is 19.4. The third kappa shape index (κ3) is 2.86. The van der Waals surface area contributed by atoms with Crippen LogP contribution in [0, 0.1) is 0 Å². The zero-order valence-corrected chi connectivity index (χ0v) is 12.0. The predicted molar refractivity (Wildman–Crippen MR) is 75.2 cm³/mol. The first-order valence-electron chi connectivity index (χ1n) is 7.48. The van der Waals surface area contributed by atoms with Crippen LogP contribution in [0.25, 0.3) is 0 Å². The zero-order valence-electron chi connectivity index (χ0n) is 12.0. The summed E-state index contributed by atoms with van der Waals surface area (Å²) in [6.07, 6.45) is 2.53. The van der Waals surface area contributed by atoms with Gasteiger partial charge in [0.05, 0.1) is 11.9 Å². The van der Waals surface area contributed by atoms with Crippen molar-refractivity contribution in [1.29, 1.82) is 0 Å². The smallest absolute Gasteiger partial charge is 0.364 e. The fourth-order valence-electron chi connectivity index (χ4n) is 3.75. The minimum atomic E-state index is -4.37. The van der Waals surface area contributed by atoms with Crippen molar-refractivity contribution in [1.82, 2.24) is 10.3 Å². The molecule has 0 amide bonds. The molecular formula is C15H20F3N3. The van der Waals surface area contributed by atoms with Crippen molar-refractivity contribution in [3.63, 3.8) is 0 Å². The van der Waals surface area contributed by atoms with Gasteiger partial charge in [-0.2, -0.15) is 13.2 Å². The summed E-state index contributed by atoms with van der Waals surface area (Å²) in [6.45, 7) is 0. The number of anilines is 1. The average Bonchev–Trinajstić information content (AvgIpc) is 2.45. The second-order valence-electron chi connectivity index (χ2n) is 6.00. The molecule has 2 aliphatic rings. The van der Waals surface area contributed by atoms with Crippen LogP contribution in [-0.4, -0.2) is 30.2 Å². The van der Waals surface area contributed by atoms with Crippen LogP contribution in [0.1, 0.15) is 37.8 Å². The van der Waals surface area contributed by atoms with Crippen molar-refractivity contribution in [2.24, 2.45) is 0 Å². The Kier molecular flexibility index (Phi) is 3.82. The lowest BCUT2D eigenvalue weighted by Crippen LogP contribution is -2.56. The van der Waals surface area contributed by atoms with E-state index in [-0.39, 0.29) is 0 Å². The molecule has 2 bridgehead atoms.